The minimum absolute atomic E-state index is 0.0741. The van der Waals surface area contributed by atoms with Gasteiger partial charge in [0.1, 0.15) is 5.82 Å². The zero-order valence-electron chi connectivity index (χ0n) is 16.3. The Balaban J connectivity index is 1.56. The van der Waals surface area contributed by atoms with E-state index < -0.39 is 10.0 Å². The molecule has 0 spiro atoms. The smallest absolute Gasteiger partial charge is 0.240 e. The normalized spacial score (nSPS) is 20.0. The number of benzene rings is 1. The van der Waals surface area contributed by atoms with Crippen LogP contribution in [0.25, 0.3) is 0 Å². The van der Waals surface area contributed by atoms with Crippen molar-refractivity contribution in [1.82, 2.24) is 14.7 Å². The van der Waals surface area contributed by atoms with Crippen molar-refractivity contribution in [2.24, 2.45) is 0 Å². The van der Waals surface area contributed by atoms with E-state index in [2.05, 4.69) is 20.0 Å². The van der Waals surface area contributed by atoms with E-state index in [0.29, 0.717) is 11.0 Å². The van der Waals surface area contributed by atoms with Crippen LogP contribution in [0.3, 0.4) is 0 Å². The molecule has 1 fully saturated rings. The van der Waals surface area contributed by atoms with E-state index in [1.165, 1.54) is 12.1 Å². The first kappa shape index (κ1) is 20.8. The van der Waals surface area contributed by atoms with E-state index in [1.807, 2.05) is 32.1 Å². The Hall–Kier alpha value is -1.90. The third kappa shape index (κ3) is 5.12. The first-order valence-corrected chi connectivity index (χ1v) is 11.2. The molecule has 7 nitrogen and oxygen atoms in total. The van der Waals surface area contributed by atoms with E-state index >= 15 is 0 Å². The van der Waals surface area contributed by atoms with E-state index in [1.54, 1.807) is 12.1 Å². The lowest BCUT2D eigenvalue weighted by Crippen LogP contribution is -2.40. The van der Waals surface area contributed by atoms with Crippen molar-refractivity contribution < 1.29 is 8.42 Å². The SMILES string of the molecule is Cc1cnc(N[C@H]2CC[C@@H](NS(=O)(=O)c3ccc(Cl)cc3)CC2)nc1N(C)C. The Morgan fingerprint density at radius 3 is 2.29 bits per heavy atom. The van der Waals surface area contributed by atoms with Gasteiger partial charge in [0.05, 0.1) is 4.90 Å². The van der Waals surface area contributed by atoms with Crippen molar-refractivity contribution in [1.29, 1.82) is 0 Å². The van der Waals surface area contributed by atoms with Crippen LogP contribution in [0.15, 0.2) is 35.4 Å². The van der Waals surface area contributed by atoms with Gasteiger partial charge in [0, 0.05) is 43.0 Å². The largest absolute Gasteiger partial charge is 0.362 e. The molecule has 1 aliphatic carbocycles. The molecule has 1 aromatic heterocycles. The number of nitrogens with zero attached hydrogens (tertiary/aromatic N) is 3. The highest BCUT2D eigenvalue weighted by molar-refractivity contribution is 7.89. The summed E-state index contributed by atoms with van der Waals surface area (Å²) in [6.45, 7) is 1.98. The third-order valence-corrected chi connectivity index (χ3v) is 6.66. The van der Waals surface area contributed by atoms with Crippen LogP contribution in [0.5, 0.6) is 0 Å². The van der Waals surface area contributed by atoms with Crippen molar-refractivity contribution in [3.63, 3.8) is 0 Å². The molecule has 0 atom stereocenters. The molecule has 2 N–H and O–H groups in total. The molecular weight excluding hydrogens is 398 g/mol. The highest BCUT2D eigenvalue weighted by Gasteiger charge is 2.26. The van der Waals surface area contributed by atoms with Gasteiger partial charge in [-0.25, -0.2) is 18.1 Å². The molecule has 0 amide bonds. The van der Waals surface area contributed by atoms with Crippen LogP contribution >= 0.6 is 11.6 Å². The molecule has 1 aromatic carbocycles. The summed E-state index contributed by atoms with van der Waals surface area (Å²) in [5, 5.41) is 3.90. The van der Waals surface area contributed by atoms with Gasteiger partial charge in [0.2, 0.25) is 16.0 Å². The molecule has 0 aliphatic heterocycles. The first-order chi connectivity index (χ1) is 13.2. The third-order valence-electron chi connectivity index (χ3n) is 4.87. The number of rotatable bonds is 6. The van der Waals surface area contributed by atoms with Gasteiger partial charge in [0.15, 0.2) is 0 Å². The number of anilines is 2. The molecule has 9 heteroatoms. The molecule has 1 heterocycles. The fourth-order valence-electron chi connectivity index (χ4n) is 3.39. The molecule has 0 bridgehead atoms. The predicted octanol–water partition coefficient (Wildman–Crippen LogP) is 3.21. The summed E-state index contributed by atoms with van der Waals surface area (Å²) in [5.74, 6) is 1.50. The zero-order chi connectivity index (χ0) is 20.3. The van der Waals surface area contributed by atoms with E-state index in [9.17, 15) is 8.42 Å². The van der Waals surface area contributed by atoms with Crippen LogP contribution < -0.4 is 14.9 Å². The molecule has 3 rings (SSSR count). The minimum atomic E-state index is -3.53. The Morgan fingerprint density at radius 1 is 1.07 bits per heavy atom. The summed E-state index contributed by atoms with van der Waals surface area (Å²) >= 11 is 5.84. The first-order valence-electron chi connectivity index (χ1n) is 9.30. The van der Waals surface area contributed by atoms with E-state index in [4.69, 9.17) is 11.6 Å². The molecule has 0 unspecified atom stereocenters. The van der Waals surface area contributed by atoms with Gasteiger partial charge in [-0.2, -0.15) is 4.98 Å². The van der Waals surface area contributed by atoms with E-state index in [0.717, 1.165) is 37.1 Å². The number of aryl methyl sites for hydroxylation is 1. The number of hydrogen-bond acceptors (Lipinski definition) is 6. The van der Waals surface area contributed by atoms with Crippen LogP contribution in [0.2, 0.25) is 5.02 Å². The van der Waals surface area contributed by atoms with Gasteiger partial charge in [-0.3, -0.25) is 0 Å². The predicted molar refractivity (Wildman–Crippen MR) is 113 cm³/mol. The molecular formula is C19H26ClN5O2S. The summed E-state index contributed by atoms with van der Waals surface area (Å²) in [6, 6.07) is 6.37. The van der Waals surface area contributed by atoms with Gasteiger partial charge >= 0.3 is 0 Å². The quantitative estimate of drug-likeness (QED) is 0.741. The average Bonchev–Trinajstić information content (AvgIpc) is 2.65. The highest BCUT2D eigenvalue weighted by atomic mass is 35.5. The molecule has 0 radical (unpaired) electrons. The molecule has 152 valence electrons. The van der Waals surface area contributed by atoms with Gasteiger partial charge in [-0.15, -0.1) is 0 Å². The maximum absolute atomic E-state index is 12.5. The van der Waals surface area contributed by atoms with Crippen molar-refractivity contribution >= 4 is 33.4 Å². The van der Waals surface area contributed by atoms with Crippen LogP contribution in [-0.4, -0.2) is 44.6 Å². The van der Waals surface area contributed by atoms with Gasteiger partial charge in [0.25, 0.3) is 0 Å². The zero-order valence-corrected chi connectivity index (χ0v) is 17.9. The lowest BCUT2D eigenvalue weighted by Gasteiger charge is -2.29. The van der Waals surface area contributed by atoms with Gasteiger partial charge < -0.3 is 10.2 Å². The Bertz CT molecular complexity index is 910. The van der Waals surface area contributed by atoms with Crippen molar-refractivity contribution in [3.8, 4) is 0 Å². The Labute approximate surface area is 171 Å². The molecule has 28 heavy (non-hydrogen) atoms. The molecule has 2 aromatic rings. The van der Waals surface area contributed by atoms with Gasteiger partial charge in [-0.1, -0.05) is 11.6 Å². The monoisotopic (exact) mass is 423 g/mol. The fourth-order valence-corrected chi connectivity index (χ4v) is 4.83. The topological polar surface area (TPSA) is 87.2 Å². The number of nitrogens with one attached hydrogen (secondary N) is 2. The average molecular weight is 424 g/mol. The highest BCUT2D eigenvalue weighted by Crippen LogP contribution is 2.24. The summed E-state index contributed by atoms with van der Waals surface area (Å²) in [4.78, 5) is 11.1. The maximum Gasteiger partial charge on any atom is 0.240 e. The summed E-state index contributed by atoms with van der Waals surface area (Å²) < 4.78 is 27.9. The maximum atomic E-state index is 12.5. The van der Waals surface area contributed by atoms with Crippen molar-refractivity contribution in [3.05, 3.63) is 41.0 Å². The summed E-state index contributed by atoms with van der Waals surface area (Å²) in [5.41, 5.74) is 1.02. The van der Waals surface area contributed by atoms with Crippen LogP contribution in [-0.2, 0) is 10.0 Å². The fraction of sp³-hybridized carbons (Fsp3) is 0.474. The number of sulfonamides is 1. The summed E-state index contributed by atoms with van der Waals surface area (Å²) in [7, 11) is 0.379. The molecule has 1 saturated carbocycles. The van der Waals surface area contributed by atoms with Crippen LogP contribution in [0, 0.1) is 6.92 Å². The minimum Gasteiger partial charge on any atom is -0.362 e. The number of hydrogen-bond donors (Lipinski definition) is 2. The second-order valence-corrected chi connectivity index (χ2v) is 9.51. The van der Waals surface area contributed by atoms with Crippen molar-refractivity contribution in [2.45, 2.75) is 49.6 Å². The van der Waals surface area contributed by atoms with Crippen LogP contribution in [0.4, 0.5) is 11.8 Å². The second-order valence-electron chi connectivity index (χ2n) is 7.36. The standard InChI is InChI=1S/C19H26ClN5O2S/c1-13-12-21-19(23-18(13)25(2)3)22-15-6-8-16(9-7-15)24-28(26,27)17-10-4-14(20)5-11-17/h4-5,10-12,15-16,24H,6-9H2,1-3H3,(H,21,22,23)/t15-,16+. The number of aromatic nitrogens is 2. The Kier molecular flexibility index (Phi) is 6.42. The molecule has 0 saturated heterocycles. The van der Waals surface area contributed by atoms with Crippen LogP contribution in [0.1, 0.15) is 31.2 Å². The van der Waals surface area contributed by atoms with Gasteiger partial charge in [-0.05, 0) is 56.9 Å². The van der Waals surface area contributed by atoms with E-state index in [-0.39, 0.29) is 17.0 Å². The summed E-state index contributed by atoms with van der Waals surface area (Å²) in [6.07, 6.45) is 5.04. The second kappa shape index (κ2) is 8.63. The van der Waals surface area contributed by atoms with Crippen molar-refractivity contribution in [2.75, 3.05) is 24.3 Å². The lowest BCUT2D eigenvalue weighted by atomic mass is 9.92. The molecule has 1 aliphatic rings. The lowest BCUT2D eigenvalue weighted by molar-refractivity contribution is 0.386. The number of halogens is 1. The Morgan fingerprint density at radius 2 is 1.68 bits per heavy atom.